The first-order valence-electron chi connectivity index (χ1n) is 17.4. The van der Waals surface area contributed by atoms with Gasteiger partial charge in [0.05, 0.1) is 0 Å². The number of fused-ring (bicyclic) bond motifs is 3. The zero-order valence-corrected chi connectivity index (χ0v) is 24.0. The van der Waals surface area contributed by atoms with E-state index >= 15 is 0 Å². The molecule has 0 aromatic heterocycles. The topological polar surface area (TPSA) is 0 Å². The number of hydrogen-bond acceptors (Lipinski definition) is 0. The molecule has 0 heteroatoms. The van der Waals surface area contributed by atoms with Crippen LogP contribution in [0.3, 0.4) is 0 Å². The molecule has 0 aliphatic heterocycles. The van der Waals surface area contributed by atoms with Gasteiger partial charge >= 0.3 is 0 Å². The van der Waals surface area contributed by atoms with Crippen molar-refractivity contribution in [3.63, 3.8) is 0 Å². The molecule has 0 radical (unpaired) electrons. The standard InChI is InChI=1S/C37H56/c1-25-36(34-21-9-15-27-12-3-6-18-31(27)34)23-29(33-20-8-14-26-11-2-5-17-30(26)33)24-37(25)35-22-10-16-28-13-4-7-19-32(28)35/h23-24,26-35H,1-22H2. The number of allylic oxidation sites excluding steroid dienone is 5. The van der Waals surface area contributed by atoms with Crippen LogP contribution in [-0.2, 0) is 0 Å². The van der Waals surface area contributed by atoms with Gasteiger partial charge in [-0.2, -0.15) is 0 Å². The normalized spacial score (nSPS) is 46.6. The fourth-order valence-electron chi connectivity index (χ4n) is 11.9. The quantitative estimate of drug-likeness (QED) is 0.361. The summed E-state index contributed by atoms with van der Waals surface area (Å²) in [6, 6.07) is 0. The molecule has 0 N–H and O–H groups in total. The van der Waals surface area contributed by atoms with Crippen LogP contribution in [0.1, 0.15) is 135 Å². The number of rotatable bonds is 3. The maximum atomic E-state index is 5.03. The van der Waals surface area contributed by atoms with Crippen molar-refractivity contribution < 1.29 is 0 Å². The van der Waals surface area contributed by atoms with Gasteiger partial charge in [0.25, 0.3) is 0 Å². The molecule has 9 atom stereocenters. The van der Waals surface area contributed by atoms with Gasteiger partial charge in [0.2, 0.25) is 0 Å². The molecule has 0 saturated heterocycles. The minimum absolute atomic E-state index is 0.717. The average molecular weight is 501 g/mol. The summed E-state index contributed by atoms with van der Waals surface area (Å²) in [6.07, 6.45) is 37.3. The van der Waals surface area contributed by atoms with E-state index in [9.17, 15) is 0 Å². The van der Waals surface area contributed by atoms with Crippen molar-refractivity contribution >= 4 is 0 Å². The van der Waals surface area contributed by atoms with Crippen molar-refractivity contribution in [1.29, 1.82) is 0 Å². The lowest BCUT2D eigenvalue weighted by Gasteiger charge is -2.49. The fraction of sp³-hybridized carbons (Fsp3) is 0.838. The number of hydrogen-bond donors (Lipinski definition) is 0. The van der Waals surface area contributed by atoms with Crippen LogP contribution in [-0.4, -0.2) is 0 Å². The molecule has 0 amide bonds. The predicted molar refractivity (Wildman–Crippen MR) is 157 cm³/mol. The Hall–Kier alpha value is -0.780. The Labute approximate surface area is 229 Å². The van der Waals surface area contributed by atoms with E-state index in [1.807, 2.05) is 0 Å². The molecule has 37 heavy (non-hydrogen) atoms. The predicted octanol–water partition coefficient (Wildman–Crippen LogP) is 10.8. The van der Waals surface area contributed by atoms with Crippen LogP contribution in [0.4, 0.5) is 0 Å². The van der Waals surface area contributed by atoms with E-state index in [4.69, 9.17) is 6.58 Å². The lowest BCUT2D eigenvalue weighted by Crippen LogP contribution is -2.38. The summed E-state index contributed by atoms with van der Waals surface area (Å²) in [7, 11) is 0. The fourth-order valence-corrected chi connectivity index (χ4v) is 11.9. The molecular weight excluding hydrogens is 444 g/mol. The van der Waals surface area contributed by atoms with Crippen LogP contribution < -0.4 is 0 Å². The van der Waals surface area contributed by atoms with E-state index in [-0.39, 0.29) is 0 Å². The average Bonchev–Trinajstić information content (AvgIpc) is 2.96. The smallest absolute Gasteiger partial charge is 0.00102 e. The molecule has 7 rings (SSSR count). The molecular formula is C37H56. The summed E-state index contributed by atoms with van der Waals surface area (Å²) < 4.78 is 0. The van der Waals surface area contributed by atoms with Gasteiger partial charge < -0.3 is 0 Å². The van der Waals surface area contributed by atoms with Crippen LogP contribution in [0.15, 0.2) is 35.5 Å². The molecule has 7 aliphatic rings. The first-order valence-corrected chi connectivity index (χ1v) is 17.4. The van der Waals surface area contributed by atoms with Crippen LogP contribution >= 0.6 is 0 Å². The van der Waals surface area contributed by atoms with Gasteiger partial charge in [-0.3, -0.25) is 0 Å². The highest BCUT2D eigenvalue weighted by atomic mass is 14.5. The zero-order chi connectivity index (χ0) is 24.8. The molecule has 0 aromatic carbocycles. The van der Waals surface area contributed by atoms with Crippen LogP contribution in [0, 0.1) is 59.2 Å². The van der Waals surface area contributed by atoms with Gasteiger partial charge in [-0.05, 0) is 114 Å². The highest BCUT2D eigenvalue weighted by Gasteiger charge is 2.44. The van der Waals surface area contributed by atoms with E-state index in [1.165, 1.54) is 135 Å². The Kier molecular flexibility index (Phi) is 7.50. The molecule has 0 spiro atoms. The van der Waals surface area contributed by atoms with Crippen LogP contribution in [0.5, 0.6) is 0 Å². The molecule has 0 nitrogen and oxygen atoms in total. The summed E-state index contributed by atoms with van der Waals surface area (Å²) in [5, 5.41) is 0. The van der Waals surface area contributed by atoms with Gasteiger partial charge in [-0.15, -0.1) is 0 Å². The Bertz CT molecular complexity index is 828. The van der Waals surface area contributed by atoms with E-state index in [1.54, 1.807) is 16.7 Å². The van der Waals surface area contributed by atoms with Crippen molar-refractivity contribution in [2.75, 3.05) is 0 Å². The van der Waals surface area contributed by atoms with Crippen LogP contribution in [0.2, 0.25) is 0 Å². The molecule has 6 saturated carbocycles. The van der Waals surface area contributed by atoms with E-state index < -0.39 is 0 Å². The molecule has 0 aromatic rings. The van der Waals surface area contributed by atoms with Crippen molar-refractivity contribution in [1.82, 2.24) is 0 Å². The van der Waals surface area contributed by atoms with Gasteiger partial charge in [-0.1, -0.05) is 115 Å². The molecule has 0 heterocycles. The maximum absolute atomic E-state index is 5.03. The molecule has 6 fully saturated rings. The minimum atomic E-state index is 0.717. The van der Waals surface area contributed by atoms with Gasteiger partial charge in [-0.25, -0.2) is 0 Å². The van der Waals surface area contributed by atoms with Crippen LogP contribution in [0.25, 0.3) is 0 Å². The first kappa shape index (κ1) is 25.2. The summed E-state index contributed by atoms with van der Waals surface area (Å²) in [5.41, 5.74) is 5.16. The lowest BCUT2D eigenvalue weighted by molar-refractivity contribution is 0.0852. The molecule has 204 valence electrons. The van der Waals surface area contributed by atoms with Crippen molar-refractivity contribution in [2.45, 2.75) is 135 Å². The van der Waals surface area contributed by atoms with E-state index in [0.29, 0.717) is 5.92 Å². The summed E-state index contributed by atoms with van der Waals surface area (Å²) in [4.78, 5) is 0. The Morgan fingerprint density at radius 2 is 0.784 bits per heavy atom. The molecule has 9 unspecified atom stereocenters. The maximum Gasteiger partial charge on any atom is -0.00102 e. The zero-order valence-electron chi connectivity index (χ0n) is 24.0. The molecule has 0 bridgehead atoms. The lowest BCUT2D eigenvalue weighted by atomic mass is 9.56. The second-order valence-corrected chi connectivity index (χ2v) is 15.1. The summed E-state index contributed by atoms with van der Waals surface area (Å²) in [6.45, 7) is 5.03. The summed E-state index contributed by atoms with van der Waals surface area (Å²) in [5.74, 6) is 9.32. The first-order chi connectivity index (χ1) is 18.3. The van der Waals surface area contributed by atoms with Gasteiger partial charge in [0, 0.05) is 0 Å². The highest BCUT2D eigenvalue weighted by molar-refractivity contribution is 5.52. The third kappa shape index (κ3) is 4.78. The highest BCUT2D eigenvalue weighted by Crippen LogP contribution is 2.56. The second kappa shape index (κ2) is 11.0. The van der Waals surface area contributed by atoms with Gasteiger partial charge in [0.1, 0.15) is 0 Å². The summed E-state index contributed by atoms with van der Waals surface area (Å²) >= 11 is 0. The second-order valence-electron chi connectivity index (χ2n) is 15.1. The molecule has 7 aliphatic carbocycles. The SMILES string of the molecule is C=C1C(C2CCCC3CCCCC32)=CC(C2CCCC3CCCCC32)C=C1C1CCCC2CCCCC21. The Morgan fingerprint density at radius 3 is 1.32 bits per heavy atom. The third-order valence-corrected chi connectivity index (χ3v) is 13.5. The minimum Gasteiger partial charge on any atom is -0.0912 e. The van der Waals surface area contributed by atoms with Crippen molar-refractivity contribution in [3.05, 3.63) is 35.5 Å². The van der Waals surface area contributed by atoms with Gasteiger partial charge in [0.15, 0.2) is 0 Å². The largest absolute Gasteiger partial charge is 0.0912 e. The Morgan fingerprint density at radius 1 is 0.405 bits per heavy atom. The van der Waals surface area contributed by atoms with E-state index in [2.05, 4.69) is 12.2 Å². The van der Waals surface area contributed by atoms with E-state index in [0.717, 1.165) is 53.3 Å². The monoisotopic (exact) mass is 500 g/mol. The van der Waals surface area contributed by atoms with Crippen molar-refractivity contribution in [2.24, 2.45) is 59.2 Å². The third-order valence-electron chi connectivity index (χ3n) is 13.5. The van der Waals surface area contributed by atoms with Crippen molar-refractivity contribution in [3.8, 4) is 0 Å². The Balaban J connectivity index is 1.25.